The third-order valence-corrected chi connectivity index (χ3v) is 3.57. The first kappa shape index (κ1) is 14.4. The van der Waals surface area contributed by atoms with E-state index in [4.69, 9.17) is 5.73 Å². The molecule has 1 unspecified atom stereocenters. The second kappa shape index (κ2) is 6.41. The summed E-state index contributed by atoms with van der Waals surface area (Å²) in [5, 5.41) is 3.25. The number of primary amides is 1. The number of hydrogen-bond acceptors (Lipinski definition) is 3. The summed E-state index contributed by atoms with van der Waals surface area (Å²) in [4.78, 5) is 25.6. The van der Waals surface area contributed by atoms with Gasteiger partial charge in [-0.2, -0.15) is 0 Å². The van der Waals surface area contributed by atoms with Crippen LogP contribution in [0.1, 0.15) is 36.5 Å². The fourth-order valence-electron chi connectivity index (χ4n) is 2.54. The molecule has 2 amide bonds. The summed E-state index contributed by atoms with van der Waals surface area (Å²) in [6.45, 7) is 3.47. The van der Waals surface area contributed by atoms with Crippen LogP contribution in [0, 0.1) is 0 Å². The number of amides is 2. The highest BCUT2D eigenvalue weighted by atomic mass is 16.2. The van der Waals surface area contributed by atoms with E-state index in [0.717, 1.165) is 25.1 Å². The topological polar surface area (TPSA) is 75.4 Å². The highest BCUT2D eigenvalue weighted by molar-refractivity contribution is 6.02. The summed E-state index contributed by atoms with van der Waals surface area (Å²) in [6, 6.07) is 6.93. The molecule has 20 heavy (non-hydrogen) atoms. The number of carbonyl (C=O) groups excluding carboxylic acids is 2. The van der Waals surface area contributed by atoms with Crippen LogP contribution >= 0.6 is 0 Å². The van der Waals surface area contributed by atoms with Crippen molar-refractivity contribution in [1.82, 2.24) is 4.90 Å². The Balaban J connectivity index is 2.22. The number of carbonyl (C=O) groups is 2. The van der Waals surface area contributed by atoms with E-state index in [1.165, 1.54) is 0 Å². The fourth-order valence-corrected chi connectivity index (χ4v) is 2.54. The molecule has 0 aliphatic carbocycles. The lowest BCUT2D eigenvalue weighted by Gasteiger charge is -2.23. The number of para-hydroxylation sites is 1. The van der Waals surface area contributed by atoms with Crippen molar-refractivity contribution < 1.29 is 9.59 Å². The molecule has 0 aromatic heterocycles. The molecule has 5 heteroatoms. The van der Waals surface area contributed by atoms with E-state index in [1.807, 2.05) is 18.2 Å². The van der Waals surface area contributed by atoms with Crippen LogP contribution < -0.4 is 11.1 Å². The van der Waals surface area contributed by atoms with Crippen molar-refractivity contribution in [2.24, 2.45) is 5.73 Å². The molecule has 1 aromatic rings. The molecular formula is C15H21N3O2. The normalized spacial score (nSPS) is 18.1. The number of benzene rings is 1. The summed E-state index contributed by atoms with van der Waals surface area (Å²) in [5.74, 6) is -0.541. The van der Waals surface area contributed by atoms with Crippen LogP contribution in [0.2, 0.25) is 0 Å². The standard InChI is InChI=1S/C15H21N3O2/c1-2-9-17-12-7-4-3-6-11(12)15(20)18-10-5-8-13(18)14(16)19/h3-4,6-7,13,17H,2,5,8-10H2,1H3,(H2,16,19). The fraction of sp³-hybridized carbons (Fsp3) is 0.467. The summed E-state index contributed by atoms with van der Waals surface area (Å²) in [5.41, 5.74) is 6.79. The number of likely N-dealkylation sites (tertiary alicyclic amines) is 1. The van der Waals surface area contributed by atoms with Gasteiger partial charge in [-0.05, 0) is 31.4 Å². The molecule has 108 valence electrons. The van der Waals surface area contributed by atoms with Gasteiger partial charge in [0.15, 0.2) is 0 Å². The highest BCUT2D eigenvalue weighted by Gasteiger charge is 2.33. The summed E-state index contributed by atoms with van der Waals surface area (Å²) in [7, 11) is 0. The molecule has 0 spiro atoms. The van der Waals surface area contributed by atoms with E-state index in [9.17, 15) is 9.59 Å². The van der Waals surface area contributed by atoms with Gasteiger partial charge in [-0.3, -0.25) is 9.59 Å². The number of rotatable bonds is 5. The number of nitrogens with zero attached hydrogens (tertiary/aromatic N) is 1. The van der Waals surface area contributed by atoms with Gasteiger partial charge in [0.2, 0.25) is 5.91 Å². The number of hydrogen-bond donors (Lipinski definition) is 2. The first-order valence-corrected chi connectivity index (χ1v) is 7.08. The summed E-state index contributed by atoms with van der Waals surface area (Å²) in [6.07, 6.45) is 2.46. The maximum atomic E-state index is 12.6. The lowest BCUT2D eigenvalue weighted by atomic mass is 10.1. The van der Waals surface area contributed by atoms with Crippen LogP contribution in [0.3, 0.4) is 0 Å². The maximum absolute atomic E-state index is 12.6. The molecule has 1 heterocycles. The Hall–Kier alpha value is -2.04. The minimum Gasteiger partial charge on any atom is -0.384 e. The first-order chi connectivity index (χ1) is 9.65. The largest absolute Gasteiger partial charge is 0.384 e. The molecule has 2 rings (SSSR count). The zero-order chi connectivity index (χ0) is 14.5. The van der Waals surface area contributed by atoms with Gasteiger partial charge in [0.1, 0.15) is 6.04 Å². The molecular weight excluding hydrogens is 254 g/mol. The van der Waals surface area contributed by atoms with Gasteiger partial charge >= 0.3 is 0 Å². The number of nitrogens with one attached hydrogen (secondary N) is 1. The quantitative estimate of drug-likeness (QED) is 0.857. The van der Waals surface area contributed by atoms with E-state index in [1.54, 1.807) is 11.0 Å². The Labute approximate surface area is 119 Å². The van der Waals surface area contributed by atoms with Gasteiger partial charge in [-0.25, -0.2) is 0 Å². The molecule has 1 saturated heterocycles. The van der Waals surface area contributed by atoms with Crippen LogP contribution in [0.15, 0.2) is 24.3 Å². The van der Waals surface area contributed by atoms with Crippen molar-refractivity contribution in [3.8, 4) is 0 Å². The van der Waals surface area contributed by atoms with Crippen LogP contribution in [0.25, 0.3) is 0 Å². The average molecular weight is 275 g/mol. The van der Waals surface area contributed by atoms with E-state index in [-0.39, 0.29) is 5.91 Å². The Morgan fingerprint density at radius 3 is 2.85 bits per heavy atom. The molecule has 1 aliphatic heterocycles. The Kier molecular flexibility index (Phi) is 4.61. The molecule has 1 fully saturated rings. The molecule has 1 atom stereocenters. The third kappa shape index (κ3) is 2.92. The van der Waals surface area contributed by atoms with E-state index in [2.05, 4.69) is 12.2 Å². The smallest absolute Gasteiger partial charge is 0.256 e. The molecule has 1 aromatic carbocycles. The van der Waals surface area contributed by atoms with Gasteiger partial charge in [0, 0.05) is 18.8 Å². The van der Waals surface area contributed by atoms with Crippen molar-refractivity contribution in [2.45, 2.75) is 32.2 Å². The van der Waals surface area contributed by atoms with Crippen LogP contribution in [-0.4, -0.2) is 35.8 Å². The lowest BCUT2D eigenvalue weighted by Crippen LogP contribution is -2.43. The second-order valence-corrected chi connectivity index (χ2v) is 5.03. The predicted octanol–water partition coefficient (Wildman–Crippen LogP) is 1.60. The van der Waals surface area contributed by atoms with Crippen LogP contribution in [-0.2, 0) is 4.79 Å². The third-order valence-electron chi connectivity index (χ3n) is 3.57. The molecule has 1 aliphatic rings. The Morgan fingerprint density at radius 2 is 2.15 bits per heavy atom. The molecule has 0 saturated carbocycles. The van der Waals surface area contributed by atoms with E-state index < -0.39 is 11.9 Å². The Morgan fingerprint density at radius 1 is 1.40 bits per heavy atom. The van der Waals surface area contributed by atoms with E-state index >= 15 is 0 Å². The minimum absolute atomic E-state index is 0.120. The minimum atomic E-state index is -0.471. The first-order valence-electron chi connectivity index (χ1n) is 7.08. The van der Waals surface area contributed by atoms with Crippen LogP contribution in [0.5, 0.6) is 0 Å². The lowest BCUT2D eigenvalue weighted by molar-refractivity contribution is -0.121. The highest BCUT2D eigenvalue weighted by Crippen LogP contribution is 2.23. The van der Waals surface area contributed by atoms with Crippen molar-refractivity contribution in [2.75, 3.05) is 18.4 Å². The van der Waals surface area contributed by atoms with Gasteiger partial charge < -0.3 is 16.0 Å². The maximum Gasteiger partial charge on any atom is 0.256 e. The molecule has 0 bridgehead atoms. The average Bonchev–Trinajstić information content (AvgIpc) is 2.94. The second-order valence-electron chi connectivity index (χ2n) is 5.03. The SMILES string of the molecule is CCCNc1ccccc1C(=O)N1CCCC1C(N)=O. The summed E-state index contributed by atoms with van der Waals surface area (Å²) >= 11 is 0. The number of anilines is 1. The number of nitrogens with two attached hydrogens (primary N) is 1. The zero-order valence-corrected chi connectivity index (χ0v) is 11.8. The monoisotopic (exact) mass is 275 g/mol. The Bertz CT molecular complexity index is 502. The van der Waals surface area contributed by atoms with Crippen molar-refractivity contribution in [3.63, 3.8) is 0 Å². The van der Waals surface area contributed by atoms with Crippen molar-refractivity contribution in [1.29, 1.82) is 0 Å². The molecule has 3 N–H and O–H groups in total. The van der Waals surface area contributed by atoms with Crippen molar-refractivity contribution in [3.05, 3.63) is 29.8 Å². The molecule has 5 nitrogen and oxygen atoms in total. The van der Waals surface area contributed by atoms with Crippen molar-refractivity contribution >= 4 is 17.5 Å². The van der Waals surface area contributed by atoms with Gasteiger partial charge in [-0.15, -0.1) is 0 Å². The predicted molar refractivity (Wildman–Crippen MR) is 78.5 cm³/mol. The summed E-state index contributed by atoms with van der Waals surface area (Å²) < 4.78 is 0. The zero-order valence-electron chi connectivity index (χ0n) is 11.8. The molecule has 0 radical (unpaired) electrons. The van der Waals surface area contributed by atoms with Gasteiger partial charge in [0.25, 0.3) is 5.91 Å². The van der Waals surface area contributed by atoms with Gasteiger partial charge in [0.05, 0.1) is 5.56 Å². The van der Waals surface area contributed by atoms with Gasteiger partial charge in [-0.1, -0.05) is 19.1 Å². The van der Waals surface area contributed by atoms with E-state index in [0.29, 0.717) is 18.5 Å². The van der Waals surface area contributed by atoms with Crippen LogP contribution in [0.4, 0.5) is 5.69 Å².